The molecule has 0 heterocycles. The minimum absolute atomic E-state index is 0.0102. The summed E-state index contributed by atoms with van der Waals surface area (Å²) >= 11 is 0. The quantitative estimate of drug-likeness (QED) is 0.188. The second-order valence-electron chi connectivity index (χ2n) is 20.7. The highest BCUT2D eigenvalue weighted by molar-refractivity contribution is 5.90. The molecule has 280 valence electrons. The topological polar surface area (TPSA) is 93.1 Å². The first-order valence-corrected chi connectivity index (χ1v) is 20.2. The molecule has 4 aromatic rings. The van der Waals surface area contributed by atoms with Crippen LogP contribution in [-0.2, 0) is 10.8 Å². The van der Waals surface area contributed by atoms with Crippen molar-refractivity contribution in [3.05, 3.63) is 95.1 Å². The number of benzene rings is 4. The monoisotopic (exact) mass is 724 g/mol. The molecule has 0 spiro atoms. The summed E-state index contributed by atoms with van der Waals surface area (Å²) in [4.78, 5) is 23.4. The fraction of sp³-hybridized carbons (Fsp3) is 0.500. The Kier molecular flexibility index (Phi) is 7.05. The number of carboxylic acids is 2. The Bertz CT molecular complexity index is 2040. The molecular formula is C48H52O6. The summed E-state index contributed by atoms with van der Waals surface area (Å²) in [6, 6.07) is 22.9. The number of rotatable bonds is 8. The van der Waals surface area contributed by atoms with Crippen molar-refractivity contribution in [1.29, 1.82) is 0 Å². The van der Waals surface area contributed by atoms with E-state index in [1.165, 1.54) is 67.9 Å². The molecule has 54 heavy (non-hydrogen) atoms. The van der Waals surface area contributed by atoms with Crippen LogP contribution in [0.1, 0.15) is 137 Å². The molecule has 8 fully saturated rings. The van der Waals surface area contributed by atoms with Gasteiger partial charge in [-0.3, -0.25) is 0 Å². The molecule has 8 bridgehead atoms. The average Bonchev–Trinajstić information content (AvgIpc) is 3.05. The zero-order chi connectivity index (χ0) is 37.5. The van der Waals surface area contributed by atoms with E-state index in [9.17, 15) is 19.8 Å². The van der Waals surface area contributed by atoms with Gasteiger partial charge in [-0.1, -0.05) is 27.7 Å². The third-order valence-electron chi connectivity index (χ3n) is 15.1. The molecule has 0 aliphatic heterocycles. The van der Waals surface area contributed by atoms with Crippen molar-refractivity contribution in [3.8, 4) is 23.0 Å². The van der Waals surface area contributed by atoms with Crippen molar-refractivity contribution in [3.63, 3.8) is 0 Å². The maximum absolute atomic E-state index is 11.7. The van der Waals surface area contributed by atoms with Gasteiger partial charge in [-0.25, -0.2) is 9.59 Å². The van der Waals surface area contributed by atoms with E-state index >= 15 is 0 Å². The van der Waals surface area contributed by atoms with Gasteiger partial charge in [0.1, 0.15) is 23.0 Å². The lowest BCUT2D eigenvalue weighted by atomic mass is 9.39. The molecule has 2 N–H and O–H groups in total. The second kappa shape index (κ2) is 11.1. The predicted octanol–water partition coefficient (Wildman–Crippen LogP) is 12.3. The normalized spacial score (nSPS) is 37.1. The zero-order valence-corrected chi connectivity index (χ0v) is 32.1. The van der Waals surface area contributed by atoms with E-state index in [1.54, 1.807) is 48.5 Å². The molecule has 0 saturated heterocycles. The average molecular weight is 725 g/mol. The summed E-state index contributed by atoms with van der Waals surface area (Å²) in [6.45, 7) is 10.1. The highest BCUT2D eigenvalue weighted by atomic mass is 16.5. The Balaban J connectivity index is 1.16. The van der Waals surface area contributed by atoms with Gasteiger partial charge < -0.3 is 19.7 Å². The van der Waals surface area contributed by atoms with Crippen molar-refractivity contribution in [2.24, 2.45) is 33.5 Å². The fourth-order valence-corrected chi connectivity index (χ4v) is 15.4. The number of ether oxygens (including phenoxy) is 2. The van der Waals surface area contributed by atoms with Crippen LogP contribution in [0.5, 0.6) is 23.0 Å². The van der Waals surface area contributed by atoms with Crippen molar-refractivity contribution >= 4 is 22.7 Å². The Hall–Kier alpha value is -4.32. The van der Waals surface area contributed by atoms with E-state index in [4.69, 9.17) is 9.47 Å². The van der Waals surface area contributed by atoms with E-state index in [2.05, 4.69) is 52.0 Å². The Morgan fingerprint density at radius 1 is 0.500 bits per heavy atom. The van der Waals surface area contributed by atoms with Crippen LogP contribution >= 0.6 is 0 Å². The maximum Gasteiger partial charge on any atom is 0.335 e. The number of fused-ring (bicyclic) bond motifs is 1. The van der Waals surface area contributed by atoms with Gasteiger partial charge in [-0.15, -0.1) is 0 Å². The fourth-order valence-electron chi connectivity index (χ4n) is 15.4. The standard InChI is InChI=1S/C48H52O6/c1-43-17-29-18-44(2,23-43)26-47(21-29,25-43)37-13-33-14-38(48-22-30-19-45(3,27-48)24-46(4,20-30)28-48)40(54-36-11-7-32(8-12-36)42(51)52)16-34(33)15-39(37)53-35-9-5-31(6-10-35)41(49)50/h5-16,29-30H,17-28H2,1-4H3,(H,49,50)(H,51,52). The van der Waals surface area contributed by atoms with Gasteiger partial charge in [0.05, 0.1) is 11.1 Å². The molecule has 8 saturated carbocycles. The molecule has 0 amide bonds. The number of aromatic carboxylic acids is 2. The Labute approximate surface area is 318 Å². The Morgan fingerprint density at radius 2 is 0.833 bits per heavy atom. The highest BCUT2D eigenvalue weighted by Crippen LogP contribution is 2.72. The second-order valence-corrected chi connectivity index (χ2v) is 20.7. The SMILES string of the molecule is CC12CC3CC(C)(C1)CC(c1cc4cc(C56CC7CC(C)(CC(C)(C7)C5)C6)c(Oc5ccc(C(=O)O)cc5)cc4cc1Oc1ccc(C(=O)O)cc1)(C3)C2. The van der Waals surface area contributed by atoms with Gasteiger partial charge in [0, 0.05) is 22.0 Å². The van der Waals surface area contributed by atoms with E-state index in [0.29, 0.717) is 45.0 Å². The van der Waals surface area contributed by atoms with Crippen LogP contribution in [0.25, 0.3) is 10.8 Å². The first-order chi connectivity index (χ1) is 25.5. The van der Waals surface area contributed by atoms with Crippen LogP contribution in [0.15, 0.2) is 72.8 Å². The van der Waals surface area contributed by atoms with Gasteiger partial charge in [0.25, 0.3) is 0 Å². The Morgan fingerprint density at radius 3 is 1.15 bits per heavy atom. The molecule has 8 aliphatic rings. The van der Waals surface area contributed by atoms with Crippen LogP contribution in [0.4, 0.5) is 0 Å². The van der Waals surface area contributed by atoms with Gasteiger partial charge >= 0.3 is 11.9 Å². The molecule has 4 aromatic carbocycles. The van der Waals surface area contributed by atoms with E-state index in [0.717, 1.165) is 42.6 Å². The van der Waals surface area contributed by atoms with Gasteiger partial charge in [-0.05, 0) is 194 Å². The lowest BCUT2D eigenvalue weighted by Crippen LogP contribution is -2.57. The highest BCUT2D eigenvalue weighted by Gasteiger charge is 2.62. The lowest BCUT2D eigenvalue weighted by molar-refractivity contribution is -0.110. The zero-order valence-electron chi connectivity index (χ0n) is 32.1. The molecular weight excluding hydrogens is 673 g/mol. The summed E-state index contributed by atoms with van der Waals surface area (Å²) in [5, 5.41) is 21.4. The summed E-state index contributed by atoms with van der Waals surface area (Å²) in [6.07, 6.45) is 14.8. The van der Waals surface area contributed by atoms with Crippen molar-refractivity contribution in [2.45, 2.75) is 116 Å². The molecule has 6 nitrogen and oxygen atoms in total. The van der Waals surface area contributed by atoms with Crippen LogP contribution in [0, 0.1) is 33.5 Å². The summed E-state index contributed by atoms with van der Waals surface area (Å²) in [5.41, 5.74) is 4.34. The van der Waals surface area contributed by atoms with Gasteiger partial charge in [0.2, 0.25) is 0 Å². The first kappa shape index (κ1) is 34.2. The third-order valence-corrected chi connectivity index (χ3v) is 15.1. The number of carboxylic acid groups (broad SMARTS) is 2. The van der Waals surface area contributed by atoms with E-state index in [1.807, 2.05) is 0 Å². The molecule has 6 heteroatoms. The van der Waals surface area contributed by atoms with Crippen LogP contribution in [-0.4, -0.2) is 22.2 Å². The minimum Gasteiger partial charge on any atom is -0.478 e. The van der Waals surface area contributed by atoms with Gasteiger partial charge in [-0.2, -0.15) is 0 Å². The lowest BCUT2D eigenvalue weighted by Gasteiger charge is -2.66. The van der Waals surface area contributed by atoms with Crippen molar-refractivity contribution in [2.75, 3.05) is 0 Å². The van der Waals surface area contributed by atoms with Gasteiger partial charge in [0.15, 0.2) is 0 Å². The van der Waals surface area contributed by atoms with Crippen LogP contribution in [0.2, 0.25) is 0 Å². The molecule has 12 rings (SSSR count). The number of hydrogen-bond donors (Lipinski definition) is 2. The molecule has 4 unspecified atom stereocenters. The largest absolute Gasteiger partial charge is 0.478 e. The molecule has 0 radical (unpaired) electrons. The predicted molar refractivity (Wildman–Crippen MR) is 209 cm³/mol. The summed E-state index contributed by atoms with van der Waals surface area (Å²) in [7, 11) is 0. The summed E-state index contributed by atoms with van der Waals surface area (Å²) < 4.78 is 13.7. The number of hydrogen-bond acceptors (Lipinski definition) is 4. The van der Waals surface area contributed by atoms with E-state index in [-0.39, 0.29) is 22.0 Å². The maximum atomic E-state index is 11.7. The van der Waals surface area contributed by atoms with E-state index < -0.39 is 11.9 Å². The molecule has 0 aromatic heterocycles. The van der Waals surface area contributed by atoms with Crippen molar-refractivity contribution < 1.29 is 29.3 Å². The number of carbonyl (C=O) groups is 2. The third kappa shape index (κ3) is 5.48. The molecule has 8 aliphatic carbocycles. The van der Waals surface area contributed by atoms with Crippen molar-refractivity contribution in [1.82, 2.24) is 0 Å². The first-order valence-electron chi connectivity index (χ1n) is 20.2. The molecule has 4 atom stereocenters. The van der Waals surface area contributed by atoms with Crippen LogP contribution < -0.4 is 9.47 Å². The smallest absolute Gasteiger partial charge is 0.335 e. The minimum atomic E-state index is -0.953. The van der Waals surface area contributed by atoms with Crippen LogP contribution in [0.3, 0.4) is 0 Å². The summed E-state index contributed by atoms with van der Waals surface area (Å²) in [5.74, 6) is 2.47.